The lowest BCUT2D eigenvalue weighted by Crippen LogP contribution is -2.71. The molecule has 1 aliphatic carbocycles. The monoisotopic (exact) mass is 617 g/mol. The van der Waals surface area contributed by atoms with Crippen LogP contribution in [0, 0.1) is 11.5 Å². The summed E-state index contributed by atoms with van der Waals surface area (Å²) >= 11 is 0. The van der Waals surface area contributed by atoms with E-state index in [-0.39, 0.29) is 0 Å². The van der Waals surface area contributed by atoms with Crippen LogP contribution in [0.3, 0.4) is 0 Å². The Labute approximate surface area is 278 Å². The summed E-state index contributed by atoms with van der Waals surface area (Å²) in [5.74, 6) is 3.19. The predicted molar refractivity (Wildman–Crippen MR) is 204 cm³/mol. The van der Waals surface area contributed by atoms with Gasteiger partial charge in [0.25, 0.3) is 0 Å². The average Bonchev–Trinajstić information content (AvgIpc) is 3.47. The Morgan fingerprint density at radius 2 is 0.622 bits per heavy atom. The highest BCUT2D eigenvalue weighted by Crippen LogP contribution is 2.38. The van der Waals surface area contributed by atoms with Gasteiger partial charge in [-0.1, -0.05) is 175 Å². The summed E-state index contributed by atoms with van der Waals surface area (Å²) < 4.78 is 0. The van der Waals surface area contributed by atoms with Crippen molar-refractivity contribution in [3.05, 3.63) is 117 Å². The molecule has 0 atom stereocenters. The number of benzene rings is 3. The molecule has 1 radical (unpaired) electrons. The quantitative estimate of drug-likeness (QED) is 0.148. The first-order chi connectivity index (χ1) is 21.1. The molecule has 0 aromatic heterocycles. The molecule has 3 aromatic carbocycles. The molecule has 0 bridgehead atoms. The highest BCUT2D eigenvalue weighted by Gasteiger charge is 2.49. The van der Waals surface area contributed by atoms with Gasteiger partial charge in [-0.2, -0.15) is 0 Å². The zero-order valence-electron chi connectivity index (χ0n) is 31.0. The van der Waals surface area contributed by atoms with Gasteiger partial charge in [0, 0.05) is 5.54 Å². The third-order valence-corrected chi connectivity index (χ3v) is 14.8. The minimum atomic E-state index is -2.82. The van der Waals surface area contributed by atoms with Crippen LogP contribution in [0.15, 0.2) is 78.4 Å². The van der Waals surface area contributed by atoms with Crippen molar-refractivity contribution in [2.45, 2.75) is 132 Å². The third kappa shape index (κ3) is 7.05. The first-order valence-corrected chi connectivity index (χ1v) is 19.8. The molecule has 0 saturated heterocycles. The first-order valence-electron chi connectivity index (χ1n) is 17.8. The minimum absolute atomic E-state index is 0.440. The van der Waals surface area contributed by atoms with E-state index in [1.165, 1.54) is 54.5 Å². The van der Waals surface area contributed by atoms with Gasteiger partial charge in [-0.25, -0.2) is 0 Å². The topological polar surface area (TPSA) is 0 Å². The Bertz CT molecular complexity index is 1310. The van der Waals surface area contributed by atoms with Crippen LogP contribution in [0.25, 0.3) is 0 Å². The van der Waals surface area contributed by atoms with Crippen molar-refractivity contribution < 1.29 is 0 Å². The lowest BCUT2D eigenvalue weighted by molar-refractivity contribution is 0.777. The zero-order chi connectivity index (χ0) is 33.4. The van der Waals surface area contributed by atoms with Crippen molar-refractivity contribution in [2.24, 2.45) is 5.92 Å². The van der Waals surface area contributed by atoms with Crippen molar-refractivity contribution in [1.82, 2.24) is 0 Å². The first kappa shape index (κ1) is 35.2. The molecule has 1 aliphatic rings. The number of rotatable bonds is 11. The maximum Gasteiger partial charge on any atom is 0.163 e. The molecule has 0 heterocycles. The second-order valence-corrected chi connectivity index (χ2v) is 19.7. The van der Waals surface area contributed by atoms with Gasteiger partial charge < -0.3 is 0 Å². The summed E-state index contributed by atoms with van der Waals surface area (Å²) in [5, 5.41) is 4.62. The Hall–Kier alpha value is -2.64. The summed E-state index contributed by atoms with van der Waals surface area (Å²) in [5.41, 5.74) is 11.8. The Morgan fingerprint density at radius 1 is 0.356 bits per heavy atom. The van der Waals surface area contributed by atoms with E-state index in [0.29, 0.717) is 41.4 Å². The second-order valence-electron chi connectivity index (χ2n) is 15.9. The van der Waals surface area contributed by atoms with Crippen molar-refractivity contribution in [3.63, 3.8) is 0 Å². The molecule has 0 aliphatic heterocycles. The van der Waals surface area contributed by atoms with Crippen LogP contribution in [0.5, 0.6) is 0 Å². The maximum atomic E-state index is 2.62. The molecule has 0 fully saturated rings. The van der Waals surface area contributed by atoms with E-state index in [1.54, 1.807) is 5.54 Å². The fourth-order valence-electron chi connectivity index (χ4n) is 6.92. The van der Waals surface area contributed by atoms with Crippen molar-refractivity contribution in [3.8, 4) is 0 Å². The predicted octanol–water partition coefficient (Wildman–Crippen LogP) is 11.2. The summed E-state index contributed by atoms with van der Waals surface area (Å²) in [6.45, 7) is 33.1. The normalized spacial score (nSPS) is 14.5. The molecule has 0 saturated carbocycles. The number of allylic oxidation sites excluding steroid dienone is 4. The van der Waals surface area contributed by atoms with Gasteiger partial charge in [-0.15, -0.1) is 0 Å². The lowest BCUT2D eigenvalue weighted by atomic mass is 9.95. The van der Waals surface area contributed by atoms with Gasteiger partial charge in [0.2, 0.25) is 0 Å². The molecule has 0 nitrogen and oxygen atoms in total. The van der Waals surface area contributed by atoms with Crippen molar-refractivity contribution >= 4 is 23.6 Å². The highest BCUT2D eigenvalue weighted by atomic mass is 28.3. The smallest absolute Gasteiger partial charge is 0.0750 e. The van der Waals surface area contributed by atoms with Crippen LogP contribution in [0.4, 0.5) is 0 Å². The van der Waals surface area contributed by atoms with Crippen LogP contribution in [-0.2, 0) is 0 Å². The molecule has 0 amide bonds. The van der Waals surface area contributed by atoms with Crippen LogP contribution < -0.4 is 15.6 Å². The van der Waals surface area contributed by atoms with E-state index < -0.39 is 8.07 Å². The number of hydrogen-bond acceptors (Lipinski definition) is 0. The van der Waals surface area contributed by atoms with Gasteiger partial charge in [-0.3, -0.25) is 0 Å². The maximum absolute atomic E-state index is 2.82. The SMILES string of the molecule is CC(C)C1=CC=C[C]1[Si](c1cc(C(C)C)cc(C(C)C)c1)(c1cc(C(C)C)cc(C(C)C)c1)c1cc(C(C)C)cc(C(C)C)c1. The van der Waals surface area contributed by atoms with Gasteiger partial charge in [0.05, 0.1) is 0 Å². The summed E-state index contributed by atoms with van der Waals surface area (Å²) in [4.78, 5) is 0. The minimum Gasteiger partial charge on any atom is -0.0750 e. The molecule has 0 N–H and O–H groups in total. The summed E-state index contributed by atoms with van der Waals surface area (Å²) in [7, 11) is -2.82. The lowest BCUT2D eigenvalue weighted by Gasteiger charge is -2.42. The Morgan fingerprint density at radius 3 is 0.844 bits per heavy atom. The van der Waals surface area contributed by atoms with Gasteiger partial charge in [0.1, 0.15) is 0 Å². The Kier molecular flexibility index (Phi) is 11.0. The van der Waals surface area contributed by atoms with Crippen molar-refractivity contribution in [1.29, 1.82) is 0 Å². The molecule has 3 aromatic rings. The molecule has 45 heavy (non-hydrogen) atoms. The Balaban J connectivity index is 2.35. The molecular formula is C44H61Si. The van der Waals surface area contributed by atoms with E-state index in [4.69, 9.17) is 0 Å². The standard InChI is InChI=1S/C44H61Si/c1-27(2)34-18-35(28(3)4)22-40(21-34)45(44-17-15-16-43(44)33(13)14,41-23-36(29(5)6)19-37(24-41)30(7)8)42-25-38(31(9)10)20-39(26-42)32(11)12/h15-33H,1-14H3. The van der Waals surface area contributed by atoms with Crippen molar-refractivity contribution in [2.75, 3.05) is 0 Å². The molecule has 4 rings (SSSR count). The average molecular weight is 618 g/mol. The van der Waals surface area contributed by atoms with E-state index in [1.807, 2.05) is 0 Å². The van der Waals surface area contributed by atoms with E-state index in [0.717, 1.165) is 0 Å². The van der Waals surface area contributed by atoms with Gasteiger partial charge in [0.15, 0.2) is 8.07 Å². The fraction of sp³-hybridized carbons (Fsp3) is 0.477. The molecule has 0 spiro atoms. The van der Waals surface area contributed by atoms with Gasteiger partial charge >= 0.3 is 0 Å². The fourth-order valence-corrected chi connectivity index (χ4v) is 12.3. The summed E-state index contributed by atoms with van der Waals surface area (Å²) in [6.07, 6.45) is 7.27. The molecular weight excluding hydrogens is 557 g/mol. The highest BCUT2D eigenvalue weighted by molar-refractivity contribution is 7.16. The van der Waals surface area contributed by atoms with Crippen LogP contribution in [0.2, 0.25) is 0 Å². The largest absolute Gasteiger partial charge is 0.163 e. The van der Waals surface area contributed by atoms with E-state index >= 15 is 0 Å². The summed E-state index contributed by atoms with van der Waals surface area (Å²) in [6, 6.07) is 23.2. The van der Waals surface area contributed by atoms with Crippen LogP contribution in [0.1, 0.15) is 166 Å². The molecule has 241 valence electrons. The van der Waals surface area contributed by atoms with E-state index in [9.17, 15) is 0 Å². The third-order valence-electron chi connectivity index (χ3n) is 10.1. The van der Waals surface area contributed by atoms with Crippen LogP contribution >= 0.6 is 0 Å². The number of hydrogen-bond donors (Lipinski definition) is 0. The molecule has 1 heteroatoms. The van der Waals surface area contributed by atoms with E-state index in [2.05, 4.69) is 170 Å². The van der Waals surface area contributed by atoms with Gasteiger partial charge in [-0.05, 0) is 90.4 Å². The second kappa shape index (κ2) is 14.0. The molecule has 0 unspecified atom stereocenters. The zero-order valence-corrected chi connectivity index (χ0v) is 32.0. The van der Waals surface area contributed by atoms with Crippen LogP contribution in [-0.4, -0.2) is 8.07 Å².